The lowest BCUT2D eigenvalue weighted by Crippen LogP contribution is -2.09. The highest BCUT2D eigenvalue weighted by Gasteiger charge is 2.06. The van der Waals surface area contributed by atoms with E-state index in [1.54, 1.807) is 18.2 Å². The zero-order valence-corrected chi connectivity index (χ0v) is 10.3. The van der Waals surface area contributed by atoms with Crippen molar-refractivity contribution in [3.05, 3.63) is 64.2 Å². The van der Waals surface area contributed by atoms with Gasteiger partial charge in [-0.05, 0) is 48.9 Å². The van der Waals surface area contributed by atoms with Crippen LogP contribution in [0, 0.1) is 12.7 Å². The highest BCUT2D eigenvalue weighted by molar-refractivity contribution is 5.80. The lowest BCUT2D eigenvalue weighted by atomic mass is 10.1. The van der Waals surface area contributed by atoms with E-state index in [4.69, 9.17) is 0 Å². The Morgan fingerprint density at radius 1 is 1.11 bits per heavy atom. The van der Waals surface area contributed by atoms with E-state index in [-0.39, 0.29) is 11.4 Å². The fraction of sp³-hybridized carbons (Fsp3) is 0.0667. The van der Waals surface area contributed by atoms with Crippen LogP contribution >= 0.6 is 0 Å². The van der Waals surface area contributed by atoms with Crippen LogP contribution in [-0.4, -0.2) is 9.97 Å². The molecule has 0 amide bonds. The van der Waals surface area contributed by atoms with Crippen molar-refractivity contribution < 1.29 is 4.39 Å². The molecule has 0 radical (unpaired) electrons. The summed E-state index contributed by atoms with van der Waals surface area (Å²) in [7, 11) is 0. The normalized spacial score (nSPS) is 10.8. The molecule has 0 unspecified atom stereocenters. The summed E-state index contributed by atoms with van der Waals surface area (Å²) in [6.45, 7) is 1.94. The van der Waals surface area contributed by atoms with Gasteiger partial charge in [0.25, 0.3) is 5.56 Å². The standard InChI is InChI=1S/C15H11FN2O/c1-9-2-7-12-13(8-9)17-14(18-15(12)19)10-3-5-11(16)6-4-10/h2-8H,1H3,(H,17,18,19). The van der Waals surface area contributed by atoms with Gasteiger partial charge in [0, 0.05) is 5.56 Å². The van der Waals surface area contributed by atoms with Crippen molar-refractivity contribution in [3.8, 4) is 11.4 Å². The molecule has 19 heavy (non-hydrogen) atoms. The molecule has 0 aliphatic heterocycles. The summed E-state index contributed by atoms with van der Waals surface area (Å²) in [4.78, 5) is 19.1. The van der Waals surface area contributed by atoms with Crippen LogP contribution in [0.3, 0.4) is 0 Å². The first-order valence-electron chi connectivity index (χ1n) is 5.90. The first-order chi connectivity index (χ1) is 9.13. The van der Waals surface area contributed by atoms with E-state index in [2.05, 4.69) is 9.97 Å². The maximum Gasteiger partial charge on any atom is 0.259 e. The molecule has 4 heteroatoms. The third-order valence-electron chi connectivity index (χ3n) is 2.98. The van der Waals surface area contributed by atoms with Crippen LogP contribution in [-0.2, 0) is 0 Å². The number of halogens is 1. The minimum absolute atomic E-state index is 0.190. The lowest BCUT2D eigenvalue weighted by Gasteiger charge is -2.03. The summed E-state index contributed by atoms with van der Waals surface area (Å²) in [6.07, 6.45) is 0. The number of hydrogen-bond acceptors (Lipinski definition) is 2. The number of nitrogens with zero attached hydrogens (tertiary/aromatic N) is 1. The fourth-order valence-electron chi connectivity index (χ4n) is 1.99. The van der Waals surface area contributed by atoms with Gasteiger partial charge in [0.05, 0.1) is 10.9 Å². The predicted molar refractivity (Wildman–Crippen MR) is 72.5 cm³/mol. The molecule has 3 nitrogen and oxygen atoms in total. The maximum atomic E-state index is 12.9. The topological polar surface area (TPSA) is 45.8 Å². The van der Waals surface area contributed by atoms with E-state index >= 15 is 0 Å². The third-order valence-corrected chi connectivity index (χ3v) is 2.98. The summed E-state index contributed by atoms with van der Waals surface area (Å²) in [5, 5.41) is 0.552. The second-order valence-corrected chi connectivity index (χ2v) is 4.44. The van der Waals surface area contributed by atoms with Crippen LogP contribution in [0.15, 0.2) is 47.3 Å². The lowest BCUT2D eigenvalue weighted by molar-refractivity contribution is 0.628. The predicted octanol–water partition coefficient (Wildman–Crippen LogP) is 3.04. The quantitative estimate of drug-likeness (QED) is 0.725. The van der Waals surface area contributed by atoms with E-state index in [0.29, 0.717) is 22.3 Å². The van der Waals surface area contributed by atoms with Crippen LogP contribution in [0.25, 0.3) is 22.3 Å². The van der Waals surface area contributed by atoms with Crippen molar-refractivity contribution in [1.29, 1.82) is 0 Å². The Labute approximate surface area is 108 Å². The summed E-state index contributed by atoms with van der Waals surface area (Å²) in [6, 6.07) is 11.4. The number of nitrogens with one attached hydrogen (secondary N) is 1. The Hall–Kier alpha value is -2.49. The maximum absolute atomic E-state index is 12.9. The Morgan fingerprint density at radius 3 is 2.58 bits per heavy atom. The smallest absolute Gasteiger partial charge is 0.259 e. The van der Waals surface area contributed by atoms with Crippen LogP contribution in [0.5, 0.6) is 0 Å². The zero-order chi connectivity index (χ0) is 13.4. The highest BCUT2D eigenvalue weighted by Crippen LogP contribution is 2.17. The van der Waals surface area contributed by atoms with E-state index in [1.807, 2.05) is 19.1 Å². The van der Waals surface area contributed by atoms with E-state index in [0.717, 1.165) is 5.56 Å². The SMILES string of the molecule is Cc1ccc2c(=O)[nH]c(-c3ccc(F)cc3)nc2c1. The molecule has 1 N–H and O–H groups in total. The van der Waals surface area contributed by atoms with Gasteiger partial charge < -0.3 is 4.98 Å². The molecule has 3 rings (SSSR count). The number of aryl methyl sites for hydroxylation is 1. The van der Waals surface area contributed by atoms with Crippen LogP contribution in [0.1, 0.15) is 5.56 Å². The summed E-state index contributed by atoms with van der Waals surface area (Å²) < 4.78 is 12.9. The average molecular weight is 254 g/mol. The molecule has 0 aliphatic rings. The van der Waals surface area contributed by atoms with Gasteiger partial charge in [-0.2, -0.15) is 0 Å². The minimum Gasteiger partial charge on any atom is -0.306 e. The van der Waals surface area contributed by atoms with Gasteiger partial charge in [-0.15, -0.1) is 0 Å². The molecule has 0 bridgehead atoms. The van der Waals surface area contributed by atoms with Gasteiger partial charge >= 0.3 is 0 Å². The molecular formula is C15H11FN2O. The van der Waals surface area contributed by atoms with Gasteiger partial charge in [0.15, 0.2) is 0 Å². The first-order valence-corrected chi connectivity index (χ1v) is 5.90. The molecule has 0 saturated heterocycles. The molecule has 3 aromatic rings. The minimum atomic E-state index is -0.317. The Kier molecular flexibility index (Phi) is 2.63. The van der Waals surface area contributed by atoms with Crippen LogP contribution < -0.4 is 5.56 Å². The number of H-pyrrole nitrogens is 1. The molecule has 0 atom stereocenters. The second kappa shape index (κ2) is 4.31. The highest BCUT2D eigenvalue weighted by atomic mass is 19.1. The Bertz CT molecular complexity index is 806. The average Bonchev–Trinajstić information content (AvgIpc) is 2.38. The third kappa shape index (κ3) is 2.12. The number of aromatic amines is 1. The number of benzene rings is 2. The first kappa shape index (κ1) is 11.6. The van der Waals surface area contributed by atoms with Gasteiger partial charge in [0.1, 0.15) is 11.6 Å². The summed E-state index contributed by atoms with van der Waals surface area (Å²) in [5.41, 5.74) is 2.17. The Balaban J connectivity index is 2.25. The summed E-state index contributed by atoms with van der Waals surface area (Å²) in [5.74, 6) is 0.130. The van der Waals surface area contributed by atoms with Crippen molar-refractivity contribution >= 4 is 10.9 Å². The van der Waals surface area contributed by atoms with E-state index < -0.39 is 0 Å². The molecule has 1 heterocycles. The molecule has 0 saturated carbocycles. The molecule has 0 aliphatic carbocycles. The number of fused-ring (bicyclic) bond motifs is 1. The number of hydrogen-bond donors (Lipinski definition) is 1. The van der Waals surface area contributed by atoms with Gasteiger partial charge in [0.2, 0.25) is 0 Å². The van der Waals surface area contributed by atoms with Crippen LogP contribution in [0.4, 0.5) is 4.39 Å². The molecule has 2 aromatic carbocycles. The molecule has 94 valence electrons. The van der Waals surface area contributed by atoms with Gasteiger partial charge in [-0.1, -0.05) is 6.07 Å². The van der Waals surface area contributed by atoms with Crippen LogP contribution in [0.2, 0.25) is 0 Å². The largest absolute Gasteiger partial charge is 0.306 e. The second-order valence-electron chi connectivity index (χ2n) is 4.44. The zero-order valence-electron chi connectivity index (χ0n) is 10.3. The van der Waals surface area contributed by atoms with Crippen molar-refractivity contribution in [2.24, 2.45) is 0 Å². The monoisotopic (exact) mass is 254 g/mol. The van der Waals surface area contributed by atoms with Crippen molar-refractivity contribution in [1.82, 2.24) is 9.97 Å². The van der Waals surface area contributed by atoms with Crippen molar-refractivity contribution in [2.75, 3.05) is 0 Å². The van der Waals surface area contributed by atoms with Crippen molar-refractivity contribution in [2.45, 2.75) is 6.92 Å². The molecule has 1 aromatic heterocycles. The number of rotatable bonds is 1. The van der Waals surface area contributed by atoms with Gasteiger partial charge in [-0.3, -0.25) is 4.79 Å². The number of aromatic nitrogens is 2. The summed E-state index contributed by atoms with van der Waals surface area (Å²) >= 11 is 0. The van der Waals surface area contributed by atoms with E-state index in [9.17, 15) is 9.18 Å². The van der Waals surface area contributed by atoms with E-state index in [1.165, 1.54) is 12.1 Å². The molecular weight excluding hydrogens is 243 g/mol. The van der Waals surface area contributed by atoms with Gasteiger partial charge in [-0.25, -0.2) is 9.37 Å². The van der Waals surface area contributed by atoms with Crippen molar-refractivity contribution in [3.63, 3.8) is 0 Å². The Morgan fingerprint density at radius 2 is 1.84 bits per heavy atom. The molecule has 0 fully saturated rings. The molecule has 0 spiro atoms. The fourth-order valence-corrected chi connectivity index (χ4v) is 1.99.